The van der Waals surface area contributed by atoms with Crippen molar-refractivity contribution in [3.05, 3.63) is 34.3 Å². The molecule has 0 unspecified atom stereocenters. The summed E-state index contributed by atoms with van der Waals surface area (Å²) in [6, 6.07) is 1.54. The summed E-state index contributed by atoms with van der Waals surface area (Å²) in [5, 5.41) is 6.13. The van der Waals surface area contributed by atoms with Gasteiger partial charge in [-0.3, -0.25) is 4.79 Å². The first-order valence-corrected chi connectivity index (χ1v) is 8.45. The van der Waals surface area contributed by atoms with Crippen LogP contribution in [0.3, 0.4) is 0 Å². The molecular weight excluding hydrogens is 354 g/mol. The van der Waals surface area contributed by atoms with Gasteiger partial charge in [-0.05, 0) is 47.1 Å². The predicted molar refractivity (Wildman–Crippen MR) is 95.6 cm³/mol. The summed E-state index contributed by atoms with van der Waals surface area (Å²) >= 11 is 0. The summed E-state index contributed by atoms with van der Waals surface area (Å²) in [7, 11) is 0. The van der Waals surface area contributed by atoms with Crippen molar-refractivity contribution in [2.45, 2.75) is 53.8 Å². The molecule has 2 aromatic rings. The molecule has 9 heteroatoms. The van der Waals surface area contributed by atoms with E-state index in [9.17, 15) is 14.4 Å². The SMILES string of the molecule is Cc1cc(NC(=O)[C@@H](C)OC(=O)c2[nH]c(C)c(C(=O)OC(C)C)c2C)no1. The maximum Gasteiger partial charge on any atom is 0.355 e. The maximum absolute atomic E-state index is 12.4. The van der Waals surface area contributed by atoms with Crippen molar-refractivity contribution in [3.63, 3.8) is 0 Å². The number of amides is 1. The Labute approximate surface area is 156 Å². The number of hydrogen-bond donors (Lipinski definition) is 2. The summed E-state index contributed by atoms with van der Waals surface area (Å²) in [4.78, 5) is 39.6. The Morgan fingerprint density at radius 1 is 1.11 bits per heavy atom. The highest BCUT2D eigenvalue weighted by atomic mass is 16.6. The Morgan fingerprint density at radius 2 is 1.78 bits per heavy atom. The second-order valence-electron chi connectivity index (χ2n) is 6.44. The van der Waals surface area contributed by atoms with Crippen molar-refractivity contribution < 1.29 is 28.4 Å². The molecule has 2 heterocycles. The highest BCUT2D eigenvalue weighted by molar-refractivity contribution is 6.00. The fourth-order valence-corrected chi connectivity index (χ4v) is 2.46. The van der Waals surface area contributed by atoms with Crippen LogP contribution in [0.15, 0.2) is 10.6 Å². The second-order valence-corrected chi connectivity index (χ2v) is 6.44. The molecule has 2 N–H and O–H groups in total. The molecule has 1 atom stereocenters. The van der Waals surface area contributed by atoms with E-state index >= 15 is 0 Å². The molecule has 9 nitrogen and oxygen atoms in total. The van der Waals surface area contributed by atoms with Crippen LogP contribution in [0.2, 0.25) is 0 Å². The zero-order valence-corrected chi connectivity index (χ0v) is 16.1. The first-order chi connectivity index (χ1) is 12.6. The minimum Gasteiger partial charge on any atom is -0.459 e. The van der Waals surface area contributed by atoms with Crippen LogP contribution < -0.4 is 5.32 Å². The zero-order chi connectivity index (χ0) is 20.3. The molecule has 1 amide bonds. The standard InChI is InChI=1S/C18H23N3O6/c1-8(2)25-17(23)14-10(4)15(19-11(14)5)18(24)26-12(6)16(22)20-13-7-9(3)27-21-13/h7-8,12,19H,1-6H3,(H,20,21,22)/t12-/m1/s1. The predicted octanol–water partition coefficient (Wildman–Crippen LogP) is 2.68. The summed E-state index contributed by atoms with van der Waals surface area (Å²) < 4.78 is 15.2. The number of nitrogens with one attached hydrogen (secondary N) is 2. The third-order valence-corrected chi connectivity index (χ3v) is 3.72. The Hall–Kier alpha value is -3.10. The number of nitrogens with zero attached hydrogens (tertiary/aromatic N) is 1. The molecule has 0 radical (unpaired) electrons. The van der Waals surface area contributed by atoms with Crippen LogP contribution in [-0.2, 0) is 14.3 Å². The van der Waals surface area contributed by atoms with E-state index in [0.29, 0.717) is 17.0 Å². The number of H-pyrrole nitrogens is 1. The fourth-order valence-electron chi connectivity index (χ4n) is 2.46. The van der Waals surface area contributed by atoms with Crippen molar-refractivity contribution in [2.24, 2.45) is 0 Å². The smallest absolute Gasteiger partial charge is 0.355 e. The number of carbonyl (C=O) groups is 3. The Bertz CT molecular complexity index is 865. The van der Waals surface area contributed by atoms with Gasteiger partial charge in [0.1, 0.15) is 11.5 Å². The molecule has 27 heavy (non-hydrogen) atoms. The van der Waals surface area contributed by atoms with E-state index in [-0.39, 0.29) is 23.2 Å². The average Bonchev–Trinajstić information content (AvgIpc) is 3.09. The monoisotopic (exact) mass is 377 g/mol. The number of anilines is 1. The summed E-state index contributed by atoms with van der Waals surface area (Å²) in [5.74, 6) is -1.07. The van der Waals surface area contributed by atoms with Gasteiger partial charge in [-0.15, -0.1) is 0 Å². The lowest BCUT2D eigenvalue weighted by molar-refractivity contribution is -0.123. The van der Waals surface area contributed by atoms with Crippen molar-refractivity contribution >= 4 is 23.7 Å². The van der Waals surface area contributed by atoms with Crippen molar-refractivity contribution in [1.82, 2.24) is 10.1 Å². The largest absolute Gasteiger partial charge is 0.459 e. The van der Waals surface area contributed by atoms with E-state index in [4.69, 9.17) is 14.0 Å². The molecule has 146 valence electrons. The normalized spacial score (nSPS) is 12.0. The van der Waals surface area contributed by atoms with E-state index < -0.39 is 23.9 Å². The highest BCUT2D eigenvalue weighted by Crippen LogP contribution is 2.21. The van der Waals surface area contributed by atoms with E-state index in [0.717, 1.165) is 0 Å². The lowest BCUT2D eigenvalue weighted by Gasteiger charge is -2.12. The van der Waals surface area contributed by atoms with Gasteiger partial charge in [0.25, 0.3) is 5.91 Å². The third kappa shape index (κ3) is 4.75. The van der Waals surface area contributed by atoms with Gasteiger partial charge in [0.15, 0.2) is 11.9 Å². The summed E-state index contributed by atoms with van der Waals surface area (Å²) in [6.07, 6.45) is -1.37. The quantitative estimate of drug-likeness (QED) is 0.742. The van der Waals surface area contributed by atoms with E-state index in [1.165, 1.54) is 13.0 Å². The van der Waals surface area contributed by atoms with Crippen LogP contribution in [0.4, 0.5) is 5.82 Å². The molecule has 0 saturated heterocycles. The molecule has 0 aliphatic heterocycles. The van der Waals surface area contributed by atoms with Gasteiger partial charge >= 0.3 is 11.9 Å². The number of rotatable bonds is 6. The number of esters is 2. The van der Waals surface area contributed by atoms with Crippen LogP contribution in [0, 0.1) is 20.8 Å². The zero-order valence-electron chi connectivity index (χ0n) is 16.1. The maximum atomic E-state index is 12.4. The van der Waals surface area contributed by atoms with Gasteiger partial charge in [-0.2, -0.15) is 0 Å². The lowest BCUT2D eigenvalue weighted by Crippen LogP contribution is -2.30. The Kier molecular flexibility index (Phi) is 6.04. The molecule has 0 aromatic carbocycles. The van der Waals surface area contributed by atoms with Crippen molar-refractivity contribution in [3.8, 4) is 0 Å². The van der Waals surface area contributed by atoms with Gasteiger partial charge in [-0.1, -0.05) is 5.16 Å². The molecule has 0 aliphatic carbocycles. The molecule has 0 saturated carbocycles. The molecular formula is C18H23N3O6. The Balaban J connectivity index is 2.09. The molecule has 0 spiro atoms. The molecule has 0 bridgehead atoms. The summed E-state index contributed by atoms with van der Waals surface area (Å²) in [5.41, 5.74) is 1.27. The summed E-state index contributed by atoms with van der Waals surface area (Å²) in [6.45, 7) is 9.86. The van der Waals surface area contributed by atoms with Crippen LogP contribution >= 0.6 is 0 Å². The minimum absolute atomic E-state index is 0.0973. The first kappa shape index (κ1) is 20.2. The lowest BCUT2D eigenvalue weighted by atomic mass is 10.1. The van der Waals surface area contributed by atoms with E-state index in [2.05, 4.69) is 15.5 Å². The van der Waals surface area contributed by atoms with Crippen LogP contribution in [-0.4, -0.2) is 40.2 Å². The number of aryl methyl sites for hydroxylation is 2. The number of aromatic nitrogens is 2. The Morgan fingerprint density at radius 3 is 2.33 bits per heavy atom. The third-order valence-electron chi connectivity index (χ3n) is 3.72. The van der Waals surface area contributed by atoms with Crippen molar-refractivity contribution in [2.75, 3.05) is 5.32 Å². The number of aromatic amines is 1. The number of hydrogen-bond acceptors (Lipinski definition) is 7. The van der Waals surface area contributed by atoms with E-state index in [1.54, 1.807) is 34.6 Å². The second kappa shape index (κ2) is 8.07. The molecule has 2 aromatic heterocycles. The fraction of sp³-hybridized carbons (Fsp3) is 0.444. The molecule has 2 rings (SSSR count). The van der Waals surface area contributed by atoms with Crippen LogP contribution in [0.1, 0.15) is 58.6 Å². The topological polar surface area (TPSA) is 124 Å². The number of carbonyl (C=O) groups excluding carboxylic acids is 3. The van der Waals surface area contributed by atoms with Crippen LogP contribution in [0.5, 0.6) is 0 Å². The first-order valence-electron chi connectivity index (χ1n) is 8.45. The van der Waals surface area contributed by atoms with Gasteiger partial charge < -0.3 is 24.3 Å². The van der Waals surface area contributed by atoms with Crippen LogP contribution in [0.25, 0.3) is 0 Å². The number of ether oxygens (including phenoxy) is 2. The van der Waals surface area contributed by atoms with Gasteiger partial charge in [-0.25, -0.2) is 9.59 Å². The minimum atomic E-state index is -1.08. The van der Waals surface area contributed by atoms with Crippen molar-refractivity contribution in [1.29, 1.82) is 0 Å². The molecule has 0 fully saturated rings. The average molecular weight is 377 g/mol. The van der Waals surface area contributed by atoms with E-state index in [1.807, 2.05) is 0 Å². The highest BCUT2D eigenvalue weighted by Gasteiger charge is 2.27. The van der Waals surface area contributed by atoms with Gasteiger partial charge in [0, 0.05) is 11.8 Å². The van der Waals surface area contributed by atoms with Gasteiger partial charge in [0.2, 0.25) is 0 Å². The molecule has 0 aliphatic rings. The van der Waals surface area contributed by atoms with Gasteiger partial charge in [0.05, 0.1) is 11.7 Å².